The normalized spacial score (nSPS) is 23.4. The van der Waals surface area contributed by atoms with Crippen molar-refractivity contribution in [1.29, 1.82) is 0 Å². The van der Waals surface area contributed by atoms with Gasteiger partial charge in [-0.05, 0) is 98.9 Å². The molecule has 214 valence electrons. The zero-order valence-electron chi connectivity index (χ0n) is 24.7. The molecule has 2 saturated carbocycles. The van der Waals surface area contributed by atoms with Crippen LogP contribution >= 0.6 is 0 Å². The molecule has 1 heterocycles. The third kappa shape index (κ3) is 9.43. The monoisotopic (exact) mass is 532 g/mol. The lowest BCUT2D eigenvalue weighted by Gasteiger charge is -2.28. The van der Waals surface area contributed by atoms with Crippen LogP contribution < -0.4 is 4.74 Å². The molecule has 0 aliphatic heterocycles. The van der Waals surface area contributed by atoms with E-state index in [-0.39, 0.29) is 11.9 Å². The molecule has 0 atom stereocenters. The Hall–Kier alpha value is -2.23. The van der Waals surface area contributed by atoms with Gasteiger partial charge in [0.1, 0.15) is 5.75 Å². The van der Waals surface area contributed by atoms with Crippen LogP contribution in [0.5, 0.6) is 5.75 Å². The van der Waals surface area contributed by atoms with Crippen LogP contribution in [-0.4, -0.2) is 15.9 Å². The van der Waals surface area contributed by atoms with E-state index in [1.54, 1.807) is 0 Å². The molecule has 2 aliphatic carbocycles. The molecule has 0 saturated heterocycles. The van der Waals surface area contributed by atoms with Crippen LogP contribution in [0, 0.1) is 17.8 Å². The summed E-state index contributed by atoms with van der Waals surface area (Å²) in [7, 11) is 0. The lowest BCUT2D eigenvalue weighted by Crippen LogP contribution is -2.25. The number of carbonyl (C=O) groups excluding carboxylic acids is 1. The van der Waals surface area contributed by atoms with Crippen LogP contribution in [-0.2, 0) is 4.79 Å². The fourth-order valence-corrected chi connectivity index (χ4v) is 6.84. The second-order valence-corrected chi connectivity index (χ2v) is 12.4. The summed E-state index contributed by atoms with van der Waals surface area (Å²) in [4.78, 5) is 22.1. The number of hydrogen-bond donors (Lipinski definition) is 0. The summed E-state index contributed by atoms with van der Waals surface area (Å²) in [5.41, 5.74) is 2.24. The number of aromatic nitrogens is 2. The topological polar surface area (TPSA) is 52.1 Å². The molecule has 2 fully saturated rings. The van der Waals surface area contributed by atoms with E-state index in [1.807, 2.05) is 36.7 Å². The molecule has 0 amide bonds. The molecule has 1 aromatic heterocycles. The van der Waals surface area contributed by atoms with Crippen molar-refractivity contribution in [2.24, 2.45) is 17.8 Å². The third-order valence-corrected chi connectivity index (χ3v) is 9.41. The molecule has 2 aliphatic rings. The van der Waals surface area contributed by atoms with Crippen molar-refractivity contribution in [2.45, 2.75) is 135 Å². The Labute approximate surface area is 237 Å². The molecule has 0 N–H and O–H groups in total. The van der Waals surface area contributed by atoms with Gasteiger partial charge in [-0.15, -0.1) is 0 Å². The Kier molecular flexibility index (Phi) is 12.3. The Balaban J connectivity index is 1.18. The van der Waals surface area contributed by atoms with Crippen LogP contribution in [0.2, 0.25) is 0 Å². The predicted octanol–water partition coefficient (Wildman–Crippen LogP) is 10.1. The molecule has 4 rings (SSSR count). The van der Waals surface area contributed by atoms with E-state index in [1.165, 1.54) is 95.5 Å². The summed E-state index contributed by atoms with van der Waals surface area (Å²) in [6, 6.07) is 7.68. The first-order valence-electron chi connectivity index (χ1n) is 16.3. The molecule has 1 aromatic carbocycles. The lowest BCUT2D eigenvalue weighted by atomic mass is 9.77. The second-order valence-electron chi connectivity index (χ2n) is 12.4. The minimum Gasteiger partial charge on any atom is -0.426 e. The van der Waals surface area contributed by atoms with E-state index in [4.69, 9.17) is 14.7 Å². The van der Waals surface area contributed by atoms with Crippen molar-refractivity contribution < 1.29 is 9.53 Å². The molecule has 0 bridgehead atoms. The van der Waals surface area contributed by atoms with Gasteiger partial charge in [-0.25, -0.2) is 9.97 Å². The van der Waals surface area contributed by atoms with Gasteiger partial charge in [0.25, 0.3) is 0 Å². The number of carbonyl (C=O) groups is 1. The van der Waals surface area contributed by atoms with Gasteiger partial charge < -0.3 is 4.74 Å². The SMILES string of the molecule is CCCCCCCCC[C@H]1CC[C@H](c2cnc(-c3ccc(OC(=O)C4CCC(CCC)CC4)cc3)nc2)CC1. The first-order chi connectivity index (χ1) is 19.2. The Morgan fingerprint density at radius 1 is 0.718 bits per heavy atom. The first-order valence-corrected chi connectivity index (χ1v) is 16.3. The van der Waals surface area contributed by atoms with Crippen LogP contribution in [0.4, 0.5) is 0 Å². The van der Waals surface area contributed by atoms with Crippen molar-refractivity contribution in [1.82, 2.24) is 9.97 Å². The van der Waals surface area contributed by atoms with Crippen LogP contribution in [0.1, 0.15) is 141 Å². The maximum Gasteiger partial charge on any atom is 0.314 e. The van der Waals surface area contributed by atoms with Gasteiger partial charge in [-0.1, -0.05) is 78.1 Å². The number of ether oxygens (including phenoxy) is 1. The molecule has 0 spiro atoms. The Morgan fingerprint density at radius 2 is 1.31 bits per heavy atom. The zero-order chi connectivity index (χ0) is 27.3. The summed E-state index contributed by atoms with van der Waals surface area (Å²) in [5, 5.41) is 0. The number of esters is 1. The fraction of sp³-hybridized carbons (Fsp3) is 0.686. The highest BCUT2D eigenvalue weighted by atomic mass is 16.5. The molecule has 4 heteroatoms. The van der Waals surface area contributed by atoms with Crippen molar-refractivity contribution in [2.75, 3.05) is 0 Å². The maximum absolute atomic E-state index is 12.7. The zero-order valence-corrected chi connectivity index (χ0v) is 24.7. The van der Waals surface area contributed by atoms with Crippen LogP contribution in [0.3, 0.4) is 0 Å². The quantitative estimate of drug-likeness (QED) is 0.138. The number of unbranched alkanes of at least 4 members (excludes halogenated alkanes) is 6. The minimum absolute atomic E-state index is 0.0454. The van der Waals surface area contributed by atoms with Gasteiger partial charge in [0, 0.05) is 18.0 Å². The van der Waals surface area contributed by atoms with Gasteiger partial charge in [0.05, 0.1) is 5.92 Å². The van der Waals surface area contributed by atoms with Gasteiger partial charge in [0.2, 0.25) is 0 Å². The van der Waals surface area contributed by atoms with E-state index in [0.29, 0.717) is 11.7 Å². The van der Waals surface area contributed by atoms with Gasteiger partial charge >= 0.3 is 5.97 Å². The third-order valence-electron chi connectivity index (χ3n) is 9.41. The number of nitrogens with zero attached hydrogens (tertiary/aromatic N) is 2. The van der Waals surface area contributed by atoms with Crippen LogP contribution in [0.15, 0.2) is 36.7 Å². The fourth-order valence-electron chi connectivity index (χ4n) is 6.84. The standard InChI is InChI=1S/C35H52N2O2/c1-3-5-6-7-8-9-10-12-28-13-17-29(18-14-28)32-25-36-34(37-26-32)30-21-23-33(24-22-30)39-35(38)31-19-15-27(11-4-2)16-20-31/h21-29,31H,3-20H2,1-2H3/t27?,28-,29-,31?. The molecule has 0 radical (unpaired) electrons. The van der Waals surface area contributed by atoms with E-state index in [9.17, 15) is 4.79 Å². The van der Waals surface area contributed by atoms with E-state index >= 15 is 0 Å². The summed E-state index contributed by atoms with van der Waals surface area (Å²) >= 11 is 0. The molecular formula is C35H52N2O2. The molecular weight excluding hydrogens is 480 g/mol. The van der Waals surface area contributed by atoms with Gasteiger partial charge in [-0.2, -0.15) is 0 Å². The average molecular weight is 533 g/mol. The summed E-state index contributed by atoms with van der Waals surface area (Å²) in [6.45, 7) is 4.53. The van der Waals surface area contributed by atoms with Crippen molar-refractivity contribution in [3.63, 3.8) is 0 Å². The van der Waals surface area contributed by atoms with Crippen molar-refractivity contribution in [3.05, 3.63) is 42.2 Å². The Bertz CT molecular complexity index is 955. The lowest BCUT2D eigenvalue weighted by molar-refractivity contribution is -0.140. The van der Waals surface area contributed by atoms with Crippen molar-refractivity contribution in [3.8, 4) is 17.1 Å². The number of hydrogen-bond acceptors (Lipinski definition) is 4. The maximum atomic E-state index is 12.7. The minimum atomic E-state index is -0.0737. The highest BCUT2D eigenvalue weighted by Gasteiger charge is 2.27. The summed E-state index contributed by atoms with van der Waals surface area (Å²) in [5.74, 6) is 3.63. The highest BCUT2D eigenvalue weighted by Crippen LogP contribution is 2.38. The predicted molar refractivity (Wildman–Crippen MR) is 161 cm³/mol. The number of rotatable bonds is 14. The Morgan fingerprint density at radius 3 is 1.95 bits per heavy atom. The average Bonchev–Trinajstić information content (AvgIpc) is 2.98. The first kappa shape index (κ1) is 29.7. The molecule has 0 unspecified atom stereocenters. The molecule has 39 heavy (non-hydrogen) atoms. The van der Waals surface area contributed by atoms with Gasteiger partial charge in [0.15, 0.2) is 5.82 Å². The largest absolute Gasteiger partial charge is 0.426 e. The molecule has 2 aromatic rings. The van der Waals surface area contributed by atoms with Crippen molar-refractivity contribution >= 4 is 5.97 Å². The van der Waals surface area contributed by atoms with Crippen LogP contribution in [0.25, 0.3) is 11.4 Å². The highest BCUT2D eigenvalue weighted by molar-refractivity contribution is 5.75. The van der Waals surface area contributed by atoms with E-state index < -0.39 is 0 Å². The van der Waals surface area contributed by atoms with E-state index in [2.05, 4.69) is 13.8 Å². The van der Waals surface area contributed by atoms with Gasteiger partial charge in [-0.3, -0.25) is 4.79 Å². The smallest absolute Gasteiger partial charge is 0.314 e. The second kappa shape index (κ2) is 16.1. The number of benzene rings is 1. The summed E-state index contributed by atoms with van der Waals surface area (Å²) in [6.07, 6.45) is 27.3. The molecule has 4 nitrogen and oxygen atoms in total. The summed E-state index contributed by atoms with van der Waals surface area (Å²) < 4.78 is 5.72. The van der Waals surface area contributed by atoms with E-state index in [0.717, 1.165) is 48.9 Å².